The molecule has 1 N–H and O–H groups in total. The second-order valence-electron chi connectivity index (χ2n) is 4.95. The maximum Gasteiger partial charge on any atom is 0.272 e. The molecule has 3 nitrogen and oxygen atoms in total. The summed E-state index contributed by atoms with van der Waals surface area (Å²) in [4.78, 5) is 12.3. The van der Waals surface area contributed by atoms with Crippen LogP contribution in [0.15, 0.2) is 41.0 Å². The minimum absolute atomic E-state index is 0.0429. The summed E-state index contributed by atoms with van der Waals surface area (Å²) in [6.07, 6.45) is 4.33. The predicted octanol–water partition coefficient (Wildman–Crippen LogP) is 4.15. The Morgan fingerprint density at radius 2 is 2.16 bits per heavy atom. The average molecular weight is 319 g/mol. The quantitative estimate of drug-likeness (QED) is 0.906. The van der Waals surface area contributed by atoms with Crippen molar-refractivity contribution in [1.82, 2.24) is 4.57 Å². The molecular weight excluding hydrogens is 304 g/mol. The maximum atomic E-state index is 12.3. The Morgan fingerprint density at radius 1 is 1.37 bits per heavy atom. The summed E-state index contributed by atoms with van der Waals surface area (Å²) in [5.41, 5.74) is 2.67. The van der Waals surface area contributed by atoms with E-state index in [1.54, 1.807) is 0 Å². The van der Waals surface area contributed by atoms with Gasteiger partial charge in [-0.25, -0.2) is 0 Å². The fraction of sp³-hybridized carbons (Fsp3) is 0.267. The zero-order valence-corrected chi connectivity index (χ0v) is 12.3. The Hall–Kier alpha value is -1.55. The van der Waals surface area contributed by atoms with Gasteiger partial charge in [0.25, 0.3) is 5.91 Å². The minimum atomic E-state index is -0.0429. The Balaban J connectivity index is 1.80. The van der Waals surface area contributed by atoms with Gasteiger partial charge in [-0.1, -0.05) is 15.9 Å². The molecule has 1 aromatic carbocycles. The van der Waals surface area contributed by atoms with Crippen molar-refractivity contribution in [3.05, 3.63) is 52.3 Å². The van der Waals surface area contributed by atoms with Gasteiger partial charge in [0.1, 0.15) is 5.69 Å². The van der Waals surface area contributed by atoms with Gasteiger partial charge in [-0.15, -0.1) is 0 Å². The lowest BCUT2D eigenvalue weighted by molar-refractivity contribution is 0.101. The first-order valence-corrected chi connectivity index (χ1v) is 7.19. The van der Waals surface area contributed by atoms with Gasteiger partial charge in [-0.3, -0.25) is 4.79 Å². The first kappa shape index (κ1) is 12.5. The van der Waals surface area contributed by atoms with Crippen LogP contribution in [-0.4, -0.2) is 10.5 Å². The van der Waals surface area contributed by atoms with Gasteiger partial charge in [-0.05, 0) is 55.7 Å². The van der Waals surface area contributed by atoms with Crippen molar-refractivity contribution in [2.75, 3.05) is 5.32 Å². The summed E-state index contributed by atoms with van der Waals surface area (Å²) in [7, 11) is 0. The molecule has 4 heteroatoms. The van der Waals surface area contributed by atoms with Crippen LogP contribution in [-0.2, 0) is 0 Å². The van der Waals surface area contributed by atoms with Gasteiger partial charge >= 0.3 is 0 Å². The van der Waals surface area contributed by atoms with Crippen molar-refractivity contribution in [2.45, 2.75) is 25.8 Å². The van der Waals surface area contributed by atoms with Crippen molar-refractivity contribution >= 4 is 27.5 Å². The molecule has 1 aromatic heterocycles. The fourth-order valence-electron chi connectivity index (χ4n) is 2.17. The van der Waals surface area contributed by atoms with E-state index in [1.807, 2.05) is 43.5 Å². The predicted molar refractivity (Wildman–Crippen MR) is 79.5 cm³/mol. The monoisotopic (exact) mass is 318 g/mol. The number of carbonyl (C=O) groups excluding carboxylic acids is 1. The number of nitrogens with zero attached hydrogens (tertiary/aromatic N) is 1. The molecule has 0 spiro atoms. The van der Waals surface area contributed by atoms with E-state index in [2.05, 4.69) is 25.8 Å². The zero-order valence-electron chi connectivity index (χ0n) is 10.7. The van der Waals surface area contributed by atoms with Crippen molar-refractivity contribution in [2.24, 2.45) is 0 Å². The number of aromatic nitrogens is 1. The number of hydrogen-bond donors (Lipinski definition) is 1. The fourth-order valence-corrected chi connectivity index (χ4v) is 2.42. The summed E-state index contributed by atoms with van der Waals surface area (Å²) in [5, 5.41) is 2.95. The van der Waals surface area contributed by atoms with Crippen LogP contribution in [0.25, 0.3) is 0 Å². The number of benzene rings is 1. The van der Waals surface area contributed by atoms with Crippen LogP contribution in [0.3, 0.4) is 0 Å². The lowest BCUT2D eigenvalue weighted by atomic mass is 10.2. The molecule has 3 rings (SSSR count). The van der Waals surface area contributed by atoms with Gasteiger partial charge in [0.15, 0.2) is 0 Å². The molecule has 98 valence electrons. The molecule has 19 heavy (non-hydrogen) atoms. The normalized spacial score (nSPS) is 14.4. The minimum Gasteiger partial charge on any atom is -0.340 e. The van der Waals surface area contributed by atoms with E-state index in [1.165, 1.54) is 12.8 Å². The molecule has 1 saturated carbocycles. The Labute approximate surface area is 120 Å². The number of hydrogen-bond acceptors (Lipinski definition) is 1. The van der Waals surface area contributed by atoms with E-state index in [0.717, 1.165) is 21.4 Å². The van der Waals surface area contributed by atoms with Gasteiger partial charge in [0.05, 0.1) is 0 Å². The second-order valence-corrected chi connectivity index (χ2v) is 5.80. The van der Waals surface area contributed by atoms with Crippen LogP contribution in [0.2, 0.25) is 0 Å². The average Bonchev–Trinajstić information content (AvgIpc) is 3.11. The van der Waals surface area contributed by atoms with Crippen LogP contribution >= 0.6 is 15.9 Å². The molecule has 0 saturated heterocycles. The Bertz CT molecular complexity index is 629. The molecule has 1 heterocycles. The van der Waals surface area contributed by atoms with Crippen LogP contribution in [0.4, 0.5) is 5.69 Å². The van der Waals surface area contributed by atoms with Crippen LogP contribution in [0, 0.1) is 6.92 Å². The van der Waals surface area contributed by atoms with E-state index in [0.29, 0.717) is 6.04 Å². The molecule has 0 aliphatic heterocycles. The third-order valence-electron chi connectivity index (χ3n) is 3.37. The molecular formula is C15H15BrN2O. The number of rotatable bonds is 3. The Kier molecular flexibility index (Phi) is 3.19. The molecule has 0 atom stereocenters. The number of halogens is 1. The van der Waals surface area contributed by atoms with Crippen molar-refractivity contribution in [3.63, 3.8) is 0 Å². The number of anilines is 1. The number of amides is 1. The summed E-state index contributed by atoms with van der Waals surface area (Å²) < 4.78 is 3.12. The third-order valence-corrected chi connectivity index (χ3v) is 4.26. The highest BCUT2D eigenvalue weighted by molar-refractivity contribution is 9.10. The molecule has 2 aromatic rings. The van der Waals surface area contributed by atoms with Gasteiger partial charge < -0.3 is 9.88 Å². The van der Waals surface area contributed by atoms with E-state index < -0.39 is 0 Å². The van der Waals surface area contributed by atoms with E-state index in [9.17, 15) is 4.79 Å². The maximum absolute atomic E-state index is 12.3. The van der Waals surface area contributed by atoms with Gasteiger partial charge in [-0.2, -0.15) is 0 Å². The topological polar surface area (TPSA) is 34.0 Å². The molecule has 1 aliphatic rings. The smallest absolute Gasteiger partial charge is 0.272 e. The molecule has 0 radical (unpaired) electrons. The number of aryl methyl sites for hydroxylation is 1. The molecule has 1 aliphatic carbocycles. The first-order chi connectivity index (χ1) is 9.15. The summed E-state index contributed by atoms with van der Waals surface area (Å²) >= 11 is 3.46. The highest BCUT2D eigenvalue weighted by Crippen LogP contribution is 2.36. The van der Waals surface area contributed by atoms with Crippen LogP contribution < -0.4 is 5.32 Å². The van der Waals surface area contributed by atoms with Crippen LogP contribution in [0.5, 0.6) is 0 Å². The SMILES string of the molecule is Cc1cc(NC(=O)c2cccn2C2CC2)ccc1Br. The lowest BCUT2D eigenvalue weighted by Gasteiger charge is -2.09. The summed E-state index contributed by atoms with van der Waals surface area (Å²) in [5.74, 6) is -0.0429. The molecule has 0 bridgehead atoms. The molecule has 1 fully saturated rings. The Morgan fingerprint density at radius 3 is 2.84 bits per heavy atom. The zero-order chi connectivity index (χ0) is 13.4. The largest absolute Gasteiger partial charge is 0.340 e. The van der Waals surface area contributed by atoms with Crippen molar-refractivity contribution in [3.8, 4) is 0 Å². The van der Waals surface area contributed by atoms with Gasteiger partial charge in [0, 0.05) is 22.4 Å². The standard InChI is InChI=1S/C15H15BrN2O/c1-10-9-11(4-7-13(10)16)17-15(19)14-3-2-8-18(14)12-5-6-12/h2-4,7-9,12H,5-6H2,1H3,(H,17,19). The highest BCUT2D eigenvalue weighted by Gasteiger charge is 2.26. The third kappa shape index (κ3) is 2.59. The van der Waals surface area contributed by atoms with E-state index in [-0.39, 0.29) is 5.91 Å². The first-order valence-electron chi connectivity index (χ1n) is 6.39. The van der Waals surface area contributed by atoms with Gasteiger partial charge in [0.2, 0.25) is 0 Å². The van der Waals surface area contributed by atoms with E-state index >= 15 is 0 Å². The van der Waals surface area contributed by atoms with Crippen molar-refractivity contribution in [1.29, 1.82) is 0 Å². The van der Waals surface area contributed by atoms with Crippen molar-refractivity contribution < 1.29 is 4.79 Å². The summed E-state index contributed by atoms with van der Waals surface area (Å²) in [6.45, 7) is 2.01. The molecule has 0 unspecified atom stereocenters. The highest BCUT2D eigenvalue weighted by atomic mass is 79.9. The lowest BCUT2D eigenvalue weighted by Crippen LogP contribution is -2.16. The second kappa shape index (κ2) is 4.85. The van der Waals surface area contributed by atoms with Crippen LogP contribution in [0.1, 0.15) is 34.9 Å². The summed E-state index contributed by atoms with van der Waals surface area (Å²) in [6, 6.07) is 10.1. The number of carbonyl (C=O) groups is 1. The number of nitrogens with one attached hydrogen (secondary N) is 1. The van der Waals surface area contributed by atoms with E-state index in [4.69, 9.17) is 0 Å². The molecule has 1 amide bonds.